The Labute approximate surface area is 108 Å². The van der Waals surface area contributed by atoms with Crippen LogP contribution in [0.5, 0.6) is 0 Å². The molecule has 1 fully saturated rings. The Morgan fingerprint density at radius 3 is 2.53 bits per heavy atom. The summed E-state index contributed by atoms with van der Waals surface area (Å²) in [4.78, 5) is 0. The van der Waals surface area contributed by atoms with Crippen LogP contribution < -0.4 is 5.32 Å². The van der Waals surface area contributed by atoms with E-state index >= 15 is 0 Å². The second-order valence-electron chi connectivity index (χ2n) is 6.05. The fourth-order valence-corrected chi connectivity index (χ4v) is 2.81. The second kappa shape index (κ2) is 7.38. The molecule has 17 heavy (non-hydrogen) atoms. The van der Waals surface area contributed by atoms with Crippen molar-refractivity contribution in [1.29, 1.82) is 0 Å². The van der Waals surface area contributed by atoms with E-state index in [0.29, 0.717) is 6.10 Å². The number of ether oxygens (including phenoxy) is 1. The lowest BCUT2D eigenvalue weighted by Crippen LogP contribution is -2.43. The number of hydrogen-bond donors (Lipinski definition) is 1. The monoisotopic (exact) mass is 241 g/mol. The molecule has 2 nitrogen and oxygen atoms in total. The van der Waals surface area contributed by atoms with Gasteiger partial charge in [0.2, 0.25) is 0 Å². The Kier molecular flexibility index (Phi) is 6.50. The third-order valence-corrected chi connectivity index (χ3v) is 3.81. The molecular formula is C15H31NO. The van der Waals surface area contributed by atoms with E-state index in [1.54, 1.807) is 0 Å². The van der Waals surface area contributed by atoms with Crippen molar-refractivity contribution in [2.75, 3.05) is 13.1 Å². The normalized spacial score (nSPS) is 26.1. The first-order valence-corrected chi connectivity index (χ1v) is 7.47. The Bertz CT molecular complexity index is 203. The van der Waals surface area contributed by atoms with Gasteiger partial charge < -0.3 is 10.1 Å². The van der Waals surface area contributed by atoms with E-state index in [2.05, 4.69) is 33.0 Å². The van der Waals surface area contributed by atoms with Crippen LogP contribution in [0.4, 0.5) is 0 Å². The predicted octanol–water partition coefficient (Wildman–Crippen LogP) is 3.75. The molecule has 0 aromatic rings. The van der Waals surface area contributed by atoms with Crippen molar-refractivity contribution in [3.63, 3.8) is 0 Å². The van der Waals surface area contributed by atoms with Crippen molar-refractivity contribution in [1.82, 2.24) is 5.32 Å². The molecule has 0 saturated heterocycles. The molecule has 0 aliphatic heterocycles. The topological polar surface area (TPSA) is 21.3 Å². The minimum absolute atomic E-state index is 0.0232. The molecule has 1 aliphatic carbocycles. The molecule has 0 amide bonds. The second-order valence-corrected chi connectivity index (χ2v) is 6.05. The maximum absolute atomic E-state index is 6.37. The smallest absolute Gasteiger partial charge is 0.0754 e. The van der Waals surface area contributed by atoms with Gasteiger partial charge in [-0.15, -0.1) is 0 Å². The molecule has 2 unspecified atom stereocenters. The highest BCUT2D eigenvalue weighted by Crippen LogP contribution is 2.31. The molecule has 0 aromatic carbocycles. The summed E-state index contributed by atoms with van der Waals surface area (Å²) in [7, 11) is 0. The molecule has 2 heteroatoms. The number of rotatable bonds is 7. The van der Waals surface area contributed by atoms with E-state index in [-0.39, 0.29) is 5.60 Å². The summed E-state index contributed by atoms with van der Waals surface area (Å²) in [5, 5.41) is 3.47. The third-order valence-electron chi connectivity index (χ3n) is 3.81. The van der Waals surface area contributed by atoms with Gasteiger partial charge in [0.05, 0.1) is 11.7 Å². The molecule has 1 N–H and O–H groups in total. The molecule has 2 atom stereocenters. The number of hydrogen-bond acceptors (Lipinski definition) is 2. The molecule has 0 spiro atoms. The van der Waals surface area contributed by atoms with Crippen LogP contribution in [0.3, 0.4) is 0 Å². The maximum Gasteiger partial charge on any atom is 0.0754 e. The van der Waals surface area contributed by atoms with Crippen LogP contribution in [0.15, 0.2) is 0 Å². The van der Waals surface area contributed by atoms with E-state index in [0.717, 1.165) is 19.0 Å². The molecule has 0 radical (unpaired) electrons. The lowest BCUT2D eigenvalue weighted by molar-refractivity contribution is -0.107. The average molecular weight is 241 g/mol. The molecule has 102 valence electrons. The van der Waals surface area contributed by atoms with E-state index in [4.69, 9.17) is 4.74 Å². The SMILES string of the molecule is CCCNCC(C)(C)OC1CCCCC1CC. The van der Waals surface area contributed by atoms with E-state index in [1.807, 2.05) is 0 Å². The molecular weight excluding hydrogens is 210 g/mol. The van der Waals surface area contributed by atoms with Crippen molar-refractivity contribution in [3.8, 4) is 0 Å². The highest BCUT2D eigenvalue weighted by Gasteiger charge is 2.30. The minimum atomic E-state index is -0.0232. The lowest BCUT2D eigenvalue weighted by atomic mass is 9.84. The van der Waals surface area contributed by atoms with Gasteiger partial charge in [0.15, 0.2) is 0 Å². The van der Waals surface area contributed by atoms with Crippen molar-refractivity contribution in [2.45, 2.75) is 77.9 Å². The fourth-order valence-electron chi connectivity index (χ4n) is 2.81. The predicted molar refractivity (Wildman–Crippen MR) is 74.4 cm³/mol. The Morgan fingerprint density at radius 1 is 1.18 bits per heavy atom. The first-order valence-electron chi connectivity index (χ1n) is 7.47. The molecule has 0 heterocycles. The van der Waals surface area contributed by atoms with Crippen molar-refractivity contribution in [3.05, 3.63) is 0 Å². The van der Waals surface area contributed by atoms with Gasteiger partial charge in [-0.05, 0) is 45.6 Å². The molecule has 0 bridgehead atoms. The zero-order valence-electron chi connectivity index (χ0n) is 12.2. The first kappa shape index (κ1) is 15.0. The van der Waals surface area contributed by atoms with Crippen LogP contribution in [-0.2, 0) is 4.74 Å². The van der Waals surface area contributed by atoms with Crippen LogP contribution in [0, 0.1) is 5.92 Å². The van der Waals surface area contributed by atoms with Crippen LogP contribution in [-0.4, -0.2) is 24.8 Å². The van der Waals surface area contributed by atoms with Crippen LogP contribution in [0.2, 0.25) is 0 Å². The van der Waals surface area contributed by atoms with Gasteiger partial charge in [-0.25, -0.2) is 0 Å². The lowest BCUT2D eigenvalue weighted by Gasteiger charge is -2.37. The minimum Gasteiger partial charge on any atom is -0.371 e. The maximum atomic E-state index is 6.37. The van der Waals surface area contributed by atoms with Gasteiger partial charge in [-0.1, -0.05) is 33.1 Å². The van der Waals surface area contributed by atoms with Crippen LogP contribution >= 0.6 is 0 Å². The van der Waals surface area contributed by atoms with Gasteiger partial charge >= 0.3 is 0 Å². The van der Waals surface area contributed by atoms with E-state index < -0.39 is 0 Å². The molecule has 1 aliphatic rings. The third kappa shape index (κ3) is 5.39. The summed E-state index contributed by atoms with van der Waals surface area (Å²) >= 11 is 0. The van der Waals surface area contributed by atoms with Crippen LogP contribution in [0.25, 0.3) is 0 Å². The van der Waals surface area contributed by atoms with Crippen molar-refractivity contribution < 1.29 is 4.74 Å². The summed E-state index contributed by atoms with van der Waals surface area (Å²) in [5.74, 6) is 0.786. The highest BCUT2D eigenvalue weighted by molar-refractivity contribution is 4.80. The van der Waals surface area contributed by atoms with E-state index in [9.17, 15) is 0 Å². The first-order chi connectivity index (χ1) is 8.09. The van der Waals surface area contributed by atoms with Gasteiger partial charge in [-0.2, -0.15) is 0 Å². The Balaban J connectivity index is 2.38. The van der Waals surface area contributed by atoms with Crippen LogP contribution in [0.1, 0.15) is 66.2 Å². The molecule has 1 rings (SSSR count). The quantitative estimate of drug-likeness (QED) is 0.685. The summed E-state index contributed by atoms with van der Waals surface area (Å²) in [6.07, 6.45) is 8.31. The van der Waals surface area contributed by atoms with Crippen molar-refractivity contribution in [2.24, 2.45) is 5.92 Å². The summed E-state index contributed by atoms with van der Waals surface area (Å²) < 4.78 is 6.37. The summed E-state index contributed by atoms with van der Waals surface area (Å²) in [6.45, 7) is 11.0. The zero-order valence-corrected chi connectivity index (χ0v) is 12.2. The van der Waals surface area contributed by atoms with E-state index in [1.165, 1.54) is 38.5 Å². The zero-order chi connectivity index (χ0) is 12.7. The summed E-state index contributed by atoms with van der Waals surface area (Å²) in [5.41, 5.74) is -0.0232. The van der Waals surface area contributed by atoms with Gasteiger partial charge in [0, 0.05) is 6.54 Å². The fraction of sp³-hybridized carbons (Fsp3) is 1.00. The molecule has 0 aromatic heterocycles. The standard InChI is InChI=1S/C15H31NO/c1-5-11-16-12-15(3,4)17-14-10-8-7-9-13(14)6-2/h13-14,16H,5-12H2,1-4H3. The Morgan fingerprint density at radius 2 is 1.88 bits per heavy atom. The van der Waals surface area contributed by atoms with Gasteiger partial charge in [0.25, 0.3) is 0 Å². The van der Waals surface area contributed by atoms with Gasteiger partial charge in [0.1, 0.15) is 0 Å². The van der Waals surface area contributed by atoms with Gasteiger partial charge in [-0.3, -0.25) is 0 Å². The highest BCUT2D eigenvalue weighted by atomic mass is 16.5. The van der Waals surface area contributed by atoms with Crippen molar-refractivity contribution >= 4 is 0 Å². The number of nitrogens with one attached hydrogen (secondary N) is 1. The largest absolute Gasteiger partial charge is 0.371 e. The average Bonchev–Trinajstić information content (AvgIpc) is 2.29. The molecule has 1 saturated carbocycles. The Hall–Kier alpha value is -0.0800. The summed E-state index contributed by atoms with van der Waals surface area (Å²) in [6, 6.07) is 0.